The number of aryl methyl sites for hydroxylation is 1. The predicted octanol–water partition coefficient (Wildman–Crippen LogP) is 4.63. The largest absolute Gasteiger partial charge is 0.355 e. The molecule has 0 bridgehead atoms. The molecule has 1 unspecified atom stereocenters. The number of likely N-dealkylation sites (N-methyl/N-ethyl adjacent to an activating group) is 1. The molecule has 0 amide bonds. The van der Waals surface area contributed by atoms with Gasteiger partial charge in [0.05, 0.1) is 5.69 Å². The predicted molar refractivity (Wildman–Crippen MR) is 110 cm³/mol. The SMILES string of the molecule is CCC(c1cc2n(n1)CCCN2CCN(CC)CC)c1ccccc1Cl. The topological polar surface area (TPSA) is 24.3 Å². The molecule has 0 aliphatic carbocycles. The van der Waals surface area contributed by atoms with Crippen LogP contribution >= 0.6 is 11.6 Å². The molecule has 0 saturated carbocycles. The minimum absolute atomic E-state index is 0.256. The molecule has 5 heteroatoms. The van der Waals surface area contributed by atoms with Gasteiger partial charge in [-0.05, 0) is 37.6 Å². The van der Waals surface area contributed by atoms with Crippen LogP contribution in [0.15, 0.2) is 30.3 Å². The molecule has 2 aromatic rings. The summed E-state index contributed by atoms with van der Waals surface area (Å²) in [5.41, 5.74) is 2.33. The molecular weight excluding hydrogens is 344 g/mol. The molecule has 0 fully saturated rings. The summed E-state index contributed by atoms with van der Waals surface area (Å²) in [6.45, 7) is 13.2. The maximum atomic E-state index is 6.47. The van der Waals surface area contributed by atoms with Gasteiger partial charge < -0.3 is 9.80 Å². The summed E-state index contributed by atoms with van der Waals surface area (Å²) in [6.07, 6.45) is 2.16. The fourth-order valence-electron chi connectivity index (χ4n) is 3.92. The van der Waals surface area contributed by atoms with Crippen LogP contribution in [0.5, 0.6) is 0 Å². The van der Waals surface area contributed by atoms with Crippen LogP contribution in [0.2, 0.25) is 5.02 Å². The third-order valence-corrected chi connectivity index (χ3v) is 5.87. The summed E-state index contributed by atoms with van der Waals surface area (Å²) in [7, 11) is 0. The van der Waals surface area contributed by atoms with Gasteiger partial charge in [-0.2, -0.15) is 5.10 Å². The minimum atomic E-state index is 0.256. The van der Waals surface area contributed by atoms with Gasteiger partial charge >= 0.3 is 0 Å². The van der Waals surface area contributed by atoms with Gasteiger partial charge in [-0.25, -0.2) is 4.68 Å². The van der Waals surface area contributed by atoms with E-state index in [1.54, 1.807) is 0 Å². The fraction of sp³-hybridized carbons (Fsp3) is 0.571. The average molecular weight is 375 g/mol. The maximum absolute atomic E-state index is 6.47. The van der Waals surface area contributed by atoms with Crippen LogP contribution in [-0.2, 0) is 6.54 Å². The van der Waals surface area contributed by atoms with E-state index in [1.165, 1.54) is 11.4 Å². The summed E-state index contributed by atoms with van der Waals surface area (Å²) in [4.78, 5) is 4.98. The molecule has 142 valence electrons. The lowest BCUT2D eigenvalue weighted by atomic mass is 9.93. The van der Waals surface area contributed by atoms with Crippen LogP contribution in [0.25, 0.3) is 0 Å². The molecule has 1 atom stereocenters. The normalized spacial score (nSPS) is 15.3. The lowest BCUT2D eigenvalue weighted by molar-refractivity contribution is 0.306. The van der Waals surface area contributed by atoms with Crippen LogP contribution in [0.4, 0.5) is 5.82 Å². The first-order valence-electron chi connectivity index (χ1n) is 9.97. The molecule has 0 spiro atoms. The van der Waals surface area contributed by atoms with Crippen molar-refractivity contribution in [3.05, 3.63) is 46.6 Å². The number of hydrogen-bond acceptors (Lipinski definition) is 3. The van der Waals surface area contributed by atoms with E-state index >= 15 is 0 Å². The molecule has 1 aromatic carbocycles. The highest BCUT2D eigenvalue weighted by Crippen LogP contribution is 2.34. The zero-order chi connectivity index (χ0) is 18.5. The molecule has 0 saturated heterocycles. The Morgan fingerprint density at radius 1 is 1.15 bits per heavy atom. The number of hydrogen-bond donors (Lipinski definition) is 0. The Labute approximate surface area is 162 Å². The molecule has 2 heterocycles. The monoisotopic (exact) mass is 374 g/mol. The molecular formula is C21H31ClN4. The van der Waals surface area contributed by atoms with E-state index < -0.39 is 0 Å². The molecule has 1 aliphatic rings. The second-order valence-corrected chi connectivity index (χ2v) is 7.41. The number of nitrogens with zero attached hydrogens (tertiary/aromatic N) is 4. The van der Waals surface area contributed by atoms with Crippen molar-refractivity contribution in [1.29, 1.82) is 0 Å². The van der Waals surface area contributed by atoms with E-state index in [2.05, 4.69) is 53.5 Å². The molecule has 1 aromatic heterocycles. The molecule has 4 nitrogen and oxygen atoms in total. The maximum Gasteiger partial charge on any atom is 0.127 e. The van der Waals surface area contributed by atoms with E-state index in [9.17, 15) is 0 Å². The van der Waals surface area contributed by atoms with E-state index in [-0.39, 0.29) is 5.92 Å². The quantitative estimate of drug-likeness (QED) is 0.673. The number of anilines is 1. The lowest BCUT2D eigenvalue weighted by Crippen LogP contribution is -2.39. The lowest BCUT2D eigenvalue weighted by Gasteiger charge is -2.31. The Morgan fingerprint density at radius 3 is 2.62 bits per heavy atom. The average Bonchev–Trinajstić information content (AvgIpc) is 3.09. The Kier molecular flexibility index (Phi) is 6.60. The molecule has 1 aliphatic heterocycles. The van der Waals surface area contributed by atoms with Crippen LogP contribution in [0, 0.1) is 0 Å². The number of aromatic nitrogens is 2. The first kappa shape index (κ1) is 19.2. The molecule has 3 rings (SSSR count). The van der Waals surface area contributed by atoms with Crippen LogP contribution in [0.3, 0.4) is 0 Å². The number of benzene rings is 1. The van der Waals surface area contributed by atoms with Gasteiger partial charge in [0.15, 0.2) is 0 Å². The van der Waals surface area contributed by atoms with Crippen LogP contribution in [-0.4, -0.2) is 47.4 Å². The molecule has 0 radical (unpaired) electrons. The highest BCUT2D eigenvalue weighted by molar-refractivity contribution is 6.31. The van der Waals surface area contributed by atoms with Crippen LogP contribution in [0.1, 0.15) is 50.8 Å². The van der Waals surface area contributed by atoms with Crippen molar-refractivity contribution in [2.75, 3.05) is 37.6 Å². The van der Waals surface area contributed by atoms with Crippen molar-refractivity contribution in [2.45, 2.75) is 46.1 Å². The number of rotatable bonds is 8. The first-order chi connectivity index (χ1) is 12.7. The Bertz CT molecular complexity index is 708. The first-order valence-corrected chi connectivity index (χ1v) is 10.3. The highest BCUT2D eigenvalue weighted by Gasteiger charge is 2.24. The van der Waals surface area contributed by atoms with Crippen molar-refractivity contribution in [2.24, 2.45) is 0 Å². The third kappa shape index (κ3) is 4.07. The van der Waals surface area contributed by atoms with E-state index in [4.69, 9.17) is 16.7 Å². The summed E-state index contributed by atoms with van der Waals surface area (Å²) >= 11 is 6.47. The van der Waals surface area contributed by atoms with Gasteiger partial charge in [-0.15, -0.1) is 0 Å². The van der Waals surface area contributed by atoms with Crippen molar-refractivity contribution in [3.63, 3.8) is 0 Å². The van der Waals surface area contributed by atoms with E-state index in [0.29, 0.717) is 0 Å². The molecule has 26 heavy (non-hydrogen) atoms. The summed E-state index contributed by atoms with van der Waals surface area (Å²) < 4.78 is 2.20. The Morgan fingerprint density at radius 2 is 1.92 bits per heavy atom. The van der Waals surface area contributed by atoms with Crippen molar-refractivity contribution in [3.8, 4) is 0 Å². The third-order valence-electron chi connectivity index (χ3n) is 5.53. The van der Waals surface area contributed by atoms with Crippen molar-refractivity contribution in [1.82, 2.24) is 14.7 Å². The zero-order valence-corrected chi connectivity index (χ0v) is 17.0. The minimum Gasteiger partial charge on any atom is -0.355 e. The Hall–Kier alpha value is -1.52. The number of fused-ring (bicyclic) bond motifs is 1. The van der Waals surface area contributed by atoms with Crippen LogP contribution < -0.4 is 4.90 Å². The summed E-state index contributed by atoms with van der Waals surface area (Å²) in [6, 6.07) is 10.5. The fourth-order valence-corrected chi connectivity index (χ4v) is 4.18. The number of halogens is 1. The van der Waals surface area contributed by atoms with Gasteiger partial charge in [0.1, 0.15) is 5.82 Å². The summed E-state index contributed by atoms with van der Waals surface area (Å²) in [5.74, 6) is 1.52. The van der Waals surface area contributed by atoms with Gasteiger partial charge in [-0.1, -0.05) is 50.6 Å². The second-order valence-electron chi connectivity index (χ2n) is 7.00. The van der Waals surface area contributed by atoms with Gasteiger partial charge in [0, 0.05) is 43.2 Å². The smallest absolute Gasteiger partial charge is 0.127 e. The standard InChI is InChI=1S/C21H31ClN4/c1-4-17(18-10-7-8-11-19(18)22)20-16-21-25(12-9-13-26(21)23-20)15-14-24(5-2)6-3/h7-8,10-11,16-17H,4-6,9,12-15H2,1-3H3. The highest BCUT2D eigenvalue weighted by atomic mass is 35.5. The molecule has 0 N–H and O–H groups in total. The zero-order valence-electron chi connectivity index (χ0n) is 16.3. The second kappa shape index (κ2) is 8.92. The van der Waals surface area contributed by atoms with Crippen molar-refractivity contribution < 1.29 is 0 Å². The van der Waals surface area contributed by atoms with Gasteiger partial charge in [-0.3, -0.25) is 0 Å². The van der Waals surface area contributed by atoms with E-state index in [0.717, 1.165) is 62.8 Å². The van der Waals surface area contributed by atoms with Crippen molar-refractivity contribution >= 4 is 17.4 Å². The van der Waals surface area contributed by atoms with Gasteiger partial charge in [0.2, 0.25) is 0 Å². The van der Waals surface area contributed by atoms with E-state index in [1.807, 2.05) is 12.1 Å². The summed E-state index contributed by atoms with van der Waals surface area (Å²) in [5, 5.41) is 5.80. The Balaban J connectivity index is 1.82. The van der Waals surface area contributed by atoms with Gasteiger partial charge in [0.25, 0.3) is 0 Å².